The Labute approximate surface area is 146 Å². The van der Waals surface area contributed by atoms with Crippen molar-refractivity contribution in [3.05, 3.63) is 0 Å². The number of thioether (sulfide) groups is 1. The molecular formula is C15H26N4O2S2. The van der Waals surface area contributed by atoms with Gasteiger partial charge in [-0.3, -0.25) is 4.79 Å². The molecule has 1 atom stereocenters. The highest BCUT2D eigenvalue weighted by Gasteiger charge is 2.21. The molecule has 130 valence electrons. The lowest BCUT2D eigenvalue weighted by Gasteiger charge is -2.18. The monoisotopic (exact) mass is 358 g/mol. The number of methoxy groups -OCH3 is 1. The third-order valence-corrected chi connectivity index (χ3v) is 5.90. The summed E-state index contributed by atoms with van der Waals surface area (Å²) >= 11 is 2.94. The molecule has 1 amide bonds. The van der Waals surface area contributed by atoms with Gasteiger partial charge in [0.15, 0.2) is 4.34 Å². The summed E-state index contributed by atoms with van der Waals surface area (Å²) in [7, 11) is 1.66. The number of ether oxygens (including phenoxy) is 1. The van der Waals surface area contributed by atoms with Crippen molar-refractivity contribution >= 4 is 34.1 Å². The first kappa shape index (κ1) is 18.5. The number of hydrogen-bond acceptors (Lipinski definition) is 7. The topological polar surface area (TPSA) is 76.1 Å². The van der Waals surface area contributed by atoms with Crippen molar-refractivity contribution in [2.45, 2.75) is 61.1 Å². The van der Waals surface area contributed by atoms with Crippen molar-refractivity contribution in [3.8, 4) is 0 Å². The van der Waals surface area contributed by atoms with Crippen LogP contribution < -0.4 is 10.6 Å². The summed E-state index contributed by atoms with van der Waals surface area (Å²) in [6, 6.07) is 0.341. The van der Waals surface area contributed by atoms with Crippen LogP contribution in [0.3, 0.4) is 0 Å². The Kier molecular flexibility index (Phi) is 8.11. The number of carbonyl (C=O) groups is 1. The fourth-order valence-corrected chi connectivity index (χ4v) is 4.47. The normalized spacial score (nSPS) is 17.5. The van der Waals surface area contributed by atoms with Crippen molar-refractivity contribution in [2.75, 3.05) is 25.6 Å². The number of anilines is 1. The van der Waals surface area contributed by atoms with Gasteiger partial charge in [0, 0.05) is 19.7 Å². The molecule has 2 rings (SSSR count). The zero-order valence-corrected chi connectivity index (χ0v) is 15.5. The molecule has 1 aromatic rings. The van der Waals surface area contributed by atoms with Gasteiger partial charge in [-0.25, -0.2) is 0 Å². The van der Waals surface area contributed by atoms with Crippen molar-refractivity contribution in [3.63, 3.8) is 0 Å². The minimum Gasteiger partial charge on any atom is -0.383 e. The molecule has 0 aliphatic heterocycles. The molecule has 6 nitrogen and oxygen atoms in total. The Bertz CT molecular complexity index is 476. The van der Waals surface area contributed by atoms with E-state index in [0.29, 0.717) is 19.2 Å². The third-order valence-electron chi connectivity index (χ3n) is 3.84. The number of aromatic nitrogens is 2. The summed E-state index contributed by atoms with van der Waals surface area (Å²) in [5.74, 6) is 0.103. The highest BCUT2D eigenvalue weighted by Crippen LogP contribution is 2.29. The molecule has 0 saturated heterocycles. The molecule has 1 aliphatic rings. The van der Waals surface area contributed by atoms with Crippen LogP contribution in [0.1, 0.15) is 45.4 Å². The van der Waals surface area contributed by atoms with E-state index in [4.69, 9.17) is 4.74 Å². The van der Waals surface area contributed by atoms with E-state index in [9.17, 15) is 4.79 Å². The van der Waals surface area contributed by atoms with Crippen LogP contribution in [0.5, 0.6) is 0 Å². The molecule has 1 saturated carbocycles. The minimum atomic E-state index is -0.155. The molecule has 2 N–H and O–H groups in total. The second-order valence-electron chi connectivity index (χ2n) is 5.75. The SMILES string of the molecule is COCCNc1nnc(S[C@H](C)C(=O)NC2CCCCCC2)s1. The summed E-state index contributed by atoms with van der Waals surface area (Å²) in [6.07, 6.45) is 7.24. The van der Waals surface area contributed by atoms with Gasteiger partial charge in [-0.2, -0.15) is 0 Å². The van der Waals surface area contributed by atoms with Gasteiger partial charge in [0.05, 0.1) is 11.9 Å². The molecule has 1 aliphatic carbocycles. The zero-order valence-electron chi connectivity index (χ0n) is 13.8. The van der Waals surface area contributed by atoms with Gasteiger partial charge < -0.3 is 15.4 Å². The summed E-state index contributed by atoms with van der Waals surface area (Å²) < 4.78 is 5.80. The Morgan fingerprint density at radius 2 is 2.09 bits per heavy atom. The first-order valence-corrected chi connectivity index (χ1v) is 9.92. The van der Waals surface area contributed by atoms with E-state index >= 15 is 0 Å². The van der Waals surface area contributed by atoms with Crippen LogP contribution in [0.15, 0.2) is 4.34 Å². The summed E-state index contributed by atoms with van der Waals surface area (Å²) in [4.78, 5) is 12.3. The molecule has 1 heterocycles. The van der Waals surface area contributed by atoms with Crippen LogP contribution in [-0.4, -0.2) is 47.7 Å². The van der Waals surface area contributed by atoms with Gasteiger partial charge >= 0.3 is 0 Å². The number of nitrogens with zero attached hydrogens (tertiary/aromatic N) is 2. The molecular weight excluding hydrogens is 332 g/mol. The lowest BCUT2D eigenvalue weighted by atomic mass is 10.1. The average molecular weight is 359 g/mol. The van der Waals surface area contributed by atoms with E-state index in [1.165, 1.54) is 48.8 Å². The smallest absolute Gasteiger partial charge is 0.233 e. The Morgan fingerprint density at radius 1 is 1.35 bits per heavy atom. The Hall–Kier alpha value is -0.860. The van der Waals surface area contributed by atoms with Crippen LogP contribution in [0, 0.1) is 0 Å². The average Bonchev–Trinajstić information content (AvgIpc) is 2.81. The minimum absolute atomic E-state index is 0.103. The van der Waals surface area contributed by atoms with E-state index in [-0.39, 0.29) is 11.2 Å². The number of carbonyl (C=O) groups excluding carboxylic acids is 1. The van der Waals surface area contributed by atoms with Gasteiger partial charge in [-0.15, -0.1) is 10.2 Å². The molecule has 23 heavy (non-hydrogen) atoms. The summed E-state index contributed by atoms with van der Waals surface area (Å²) in [6.45, 7) is 3.26. The van der Waals surface area contributed by atoms with Crippen molar-refractivity contribution < 1.29 is 9.53 Å². The maximum Gasteiger partial charge on any atom is 0.233 e. The molecule has 1 aromatic heterocycles. The predicted octanol–water partition coefficient (Wildman–Crippen LogP) is 2.92. The summed E-state index contributed by atoms with van der Waals surface area (Å²) in [5, 5.41) is 15.2. The van der Waals surface area contributed by atoms with Gasteiger partial charge in [0.25, 0.3) is 0 Å². The maximum absolute atomic E-state index is 12.3. The highest BCUT2D eigenvalue weighted by molar-refractivity contribution is 8.02. The van der Waals surface area contributed by atoms with Crippen LogP contribution in [0.4, 0.5) is 5.13 Å². The van der Waals surface area contributed by atoms with Gasteiger partial charge in [0.1, 0.15) is 0 Å². The fraction of sp³-hybridized carbons (Fsp3) is 0.800. The van der Waals surface area contributed by atoms with E-state index in [0.717, 1.165) is 22.3 Å². The van der Waals surface area contributed by atoms with Gasteiger partial charge in [0.2, 0.25) is 11.0 Å². The second kappa shape index (κ2) is 10.1. The lowest BCUT2D eigenvalue weighted by molar-refractivity contribution is -0.121. The summed E-state index contributed by atoms with van der Waals surface area (Å²) in [5.41, 5.74) is 0. The standard InChI is InChI=1S/C15H26N4O2S2/c1-11(13(20)17-12-7-5-3-4-6-8-12)22-15-19-18-14(23-15)16-9-10-21-2/h11-12H,3-10H2,1-2H3,(H,16,18)(H,17,20)/t11-/m1/s1. The van der Waals surface area contributed by atoms with Crippen LogP contribution in [0.2, 0.25) is 0 Å². The third kappa shape index (κ3) is 6.64. The molecule has 0 aromatic carbocycles. The predicted molar refractivity (Wildman–Crippen MR) is 95.2 cm³/mol. The quantitative estimate of drug-likeness (QED) is 0.423. The lowest BCUT2D eigenvalue weighted by Crippen LogP contribution is -2.39. The van der Waals surface area contributed by atoms with Gasteiger partial charge in [-0.05, 0) is 19.8 Å². The molecule has 0 radical (unpaired) electrons. The first-order chi connectivity index (χ1) is 11.2. The van der Waals surface area contributed by atoms with Crippen LogP contribution in [-0.2, 0) is 9.53 Å². The molecule has 8 heteroatoms. The first-order valence-electron chi connectivity index (χ1n) is 8.22. The van der Waals surface area contributed by atoms with E-state index in [2.05, 4.69) is 20.8 Å². The molecule has 0 unspecified atom stereocenters. The zero-order chi connectivity index (χ0) is 16.5. The van der Waals surface area contributed by atoms with Crippen molar-refractivity contribution in [2.24, 2.45) is 0 Å². The fourth-order valence-electron chi connectivity index (χ4n) is 2.54. The van der Waals surface area contributed by atoms with E-state index in [1.807, 2.05) is 6.92 Å². The van der Waals surface area contributed by atoms with Crippen molar-refractivity contribution in [1.29, 1.82) is 0 Å². The van der Waals surface area contributed by atoms with Crippen LogP contribution >= 0.6 is 23.1 Å². The van der Waals surface area contributed by atoms with Crippen molar-refractivity contribution in [1.82, 2.24) is 15.5 Å². The Morgan fingerprint density at radius 3 is 2.78 bits per heavy atom. The number of nitrogens with one attached hydrogen (secondary N) is 2. The molecule has 0 bridgehead atoms. The second-order valence-corrected chi connectivity index (χ2v) is 8.32. The van der Waals surface area contributed by atoms with Crippen LogP contribution in [0.25, 0.3) is 0 Å². The highest BCUT2D eigenvalue weighted by atomic mass is 32.2. The molecule has 1 fully saturated rings. The molecule has 0 spiro atoms. The van der Waals surface area contributed by atoms with Gasteiger partial charge in [-0.1, -0.05) is 48.8 Å². The van der Waals surface area contributed by atoms with E-state index in [1.54, 1.807) is 7.11 Å². The number of rotatable bonds is 8. The number of hydrogen-bond donors (Lipinski definition) is 2. The Balaban J connectivity index is 1.76. The maximum atomic E-state index is 12.3. The van der Waals surface area contributed by atoms with E-state index < -0.39 is 0 Å². The number of amides is 1. The largest absolute Gasteiger partial charge is 0.383 e.